The molecule has 0 aromatic heterocycles. The fraction of sp³-hybridized carbons (Fsp3) is 0.389. The number of carbonyl (C=O) groups excluding carboxylic acids is 3. The van der Waals surface area contributed by atoms with Crippen LogP contribution in [0.15, 0.2) is 30.3 Å². The van der Waals surface area contributed by atoms with Gasteiger partial charge < -0.3 is 31.9 Å². The van der Waals surface area contributed by atoms with Gasteiger partial charge in [0, 0.05) is 12.2 Å². The van der Waals surface area contributed by atoms with Gasteiger partial charge in [0.05, 0.1) is 13.0 Å². The van der Waals surface area contributed by atoms with Crippen molar-refractivity contribution in [3.63, 3.8) is 0 Å². The van der Waals surface area contributed by atoms with Crippen LogP contribution in [-0.4, -0.2) is 70.3 Å². The molecule has 30 heavy (non-hydrogen) atoms. The monoisotopic (exact) mass is 440 g/mol. The molecule has 12 heteroatoms. The lowest BCUT2D eigenvalue weighted by Gasteiger charge is -2.23. The first kappa shape index (κ1) is 24.9. The Balaban J connectivity index is 2.89. The van der Waals surface area contributed by atoms with Crippen LogP contribution in [-0.2, 0) is 30.4 Å². The summed E-state index contributed by atoms with van der Waals surface area (Å²) < 4.78 is 0. The Morgan fingerprint density at radius 2 is 1.47 bits per heavy atom. The van der Waals surface area contributed by atoms with Crippen LogP contribution in [0.25, 0.3) is 0 Å². The van der Waals surface area contributed by atoms with Crippen molar-refractivity contribution in [1.82, 2.24) is 16.0 Å². The molecule has 0 fully saturated rings. The Hall–Kier alpha value is -3.12. The molecular weight excluding hydrogens is 416 g/mol. The van der Waals surface area contributed by atoms with Gasteiger partial charge in [-0.1, -0.05) is 30.3 Å². The molecule has 3 unspecified atom stereocenters. The third-order valence-electron chi connectivity index (χ3n) is 3.93. The number of amides is 3. The molecule has 0 bridgehead atoms. The quantitative estimate of drug-likeness (QED) is 0.184. The molecule has 0 aliphatic rings. The zero-order valence-corrected chi connectivity index (χ0v) is 16.8. The van der Waals surface area contributed by atoms with Gasteiger partial charge in [-0.3, -0.25) is 19.2 Å². The van der Waals surface area contributed by atoms with E-state index in [1.807, 2.05) is 0 Å². The number of rotatable bonds is 12. The second kappa shape index (κ2) is 12.4. The van der Waals surface area contributed by atoms with E-state index in [1.165, 1.54) is 0 Å². The molecule has 0 heterocycles. The topological polar surface area (TPSA) is 188 Å². The van der Waals surface area contributed by atoms with E-state index in [0.717, 1.165) is 5.56 Å². The second-order valence-electron chi connectivity index (χ2n) is 6.25. The lowest BCUT2D eigenvalue weighted by Crippen LogP contribution is -2.57. The number of thiol groups is 1. The van der Waals surface area contributed by atoms with Gasteiger partial charge >= 0.3 is 11.9 Å². The highest BCUT2D eigenvalue weighted by Crippen LogP contribution is 2.05. The molecule has 0 saturated carbocycles. The van der Waals surface area contributed by atoms with E-state index in [0.29, 0.717) is 0 Å². The van der Waals surface area contributed by atoms with Crippen molar-refractivity contribution in [2.24, 2.45) is 5.73 Å². The van der Waals surface area contributed by atoms with Crippen LogP contribution >= 0.6 is 12.6 Å². The summed E-state index contributed by atoms with van der Waals surface area (Å²) in [5, 5.41) is 24.7. The third-order valence-corrected chi connectivity index (χ3v) is 4.29. The van der Waals surface area contributed by atoms with E-state index >= 15 is 0 Å². The summed E-state index contributed by atoms with van der Waals surface area (Å²) >= 11 is 3.98. The molecule has 11 nitrogen and oxygen atoms in total. The molecule has 3 atom stereocenters. The molecule has 164 valence electrons. The third kappa shape index (κ3) is 8.49. The number of benzene rings is 1. The average molecular weight is 440 g/mol. The number of hydrogen-bond acceptors (Lipinski definition) is 7. The van der Waals surface area contributed by atoms with Crippen molar-refractivity contribution in [2.45, 2.75) is 31.0 Å². The van der Waals surface area contributed by atoms with Gasteiger partial charge in [0.25, 0.3) is 0 Å². The van der Waals surface area contributed by atoms with Crippen molar-refractivity contribution in [3.05, 3.63) is 35.9 Å². The van der Waals surface area contributed by atoms with Crippen molar-refractivity contribution in [3.8, 4) is 0 Å². The zero-order chi connectivity index (χ0) is 22.7. The number of nitrogens with one attached hydrogen (secondary N) is 3. The van der Waals surface area contributed by atoms with Gasteiger partial charge in [0.1, 0.15) is 18.1 Å². The van der Waals surface area contributed by atoms with Gasteiger partial charge in [-0.25, -0.2) is 4.79 Å². The summed E-state index contributed by atoms with van der Waals surface area (Å²) in [6.45, 7) is -0.343. The first-order valence-corrected chi connectivity index (χ1v) is 9.50. The Morgan fingerprint density at radius 1 is 0.900 bits per heavy atom. The summed E-state index contributed by atoms with van der Waals surface area (Å²) in [6.07, 6.45) is -0.715. The number of hydrogen-bond donors (Lipinski definition) is 7. The van der Waals surface area contributed by atoms with E-state index in [2.05, 4.69) is 28.6 Å². The fourth-order valence-electron chi connectivity index (χ4n) is 2.43. The largest absolute Gasteiger partial charge is 0.481 e. The molecule has 1 aromatic carbocycles. The maximum Gasteiger partial charge on any atom is 0.326 e. The molecule has 0 aliphatic carbocycles. The van der Waals surface area contributed by atoms with Crippen molar-refractivity contribution >= 4 is 42.3 Å². The highest BCUT2D eigenvalue weighted by atomic mass is 32.1. The first-order valence-electron chi connectivity index (χ1n) is 8.87. The Kier molecular flexibility index (Phi) is 10.3. The van der Waals surface area contributed by atoms with E-state index in [4.69, 9.17) is 15.9 Å². The first-order chi connectivity index (χ1) is 14.2. The maximum absolute atomic E-state index is 12.7. The average Bonchev–Trinajstić information content (AvgIpc) is 2.70. The minimum absolute atomic E-state index is 0.121. The minimum Gasteiger partial charge on any atom is -0.481 e. The van der Waals surface area contributed by atoms with Crippen LogP contribution < -0.4 is 21.7 Å². The number of carboxylic acid groups (broad SMARTS) is 2. The van der Waals surface area contributed by atoms with Crippen LogP contribution in [0.4, 0.5) is 0 Å². The highest BCUT2D eigenvalue weighted by molar-refractivity contribution is 7.80. The van der Waals surface area contributed by atoms with Gasteiger partial charge in [-0.05, 0) is 5.56 Å². The van der Waals surface area contributed by atoms with Gasteiger partial charge in [-0.15, -0.1) is 0 Å². The molecule has 1 aromatic rings. The lowest BCUT2D eigenvalue weighted by molar-refractivity contribution is -0.147. The van der Waals surface area contributed by atoms with E-state index in [9.17, 15) is 24.0 Å². The van der Waals surface area contributed by atoms with Crippen LogP contribution in [0.2, 0.25) is 0 Å². The van der Waals surface area contributed by atoms with Crippen molar-refractivity contribution in [1.29, 1.82) is 0 Å². The van der Waals surface area contributed by atoms with Gasteiger partial charge in [0.15, 0.2) is 0 Å². The highest BCUT2D eigenvalue weighted by Gasteiger charge is 2.29. The van der Waals surface area contributed by atoms with Gasteiger partial charge in [-0.2, -0.15) is 12.6 Å². The predicted molar refractivity (Wildman–Crippen MR) is 109 cm³/mol. The van der Waals surface area contributed by atoms with E-state index in [1.54, 1.807) is 30.3 Å². The summed E-state index contributed by atoms with van der Waals surface area (Å²) in [6, 6.07) is 4.82. The standard InChI is InChI=1S/C18H24N4O7S/c19-8-14(23)20-11(6-10-4-2-1-3-5-10)16(26)22-13(9-30)17(27)21-12(18(28)29)7-15(24)25/h1-5,11-13,30H,6-9,19H2,(H,20,23)(H,21,27)(H,22,26)(H,24,25)(H,28,29). The summed E-state index contributed by atoms with van der Waals surface area (Å²) in [4.78, 5) is 58.6. The fourth-order valence-corrected chi connectivity index (χ4v) is 2.68. The number of nitrogens with two attached hydrogens (primary N) is 1. The number of carboxylic acids is 2. The molecule has 1 rings (SSSR count). The van der Waals surface area contributed by atoms with E-state index < -0.39 is 54.2 Å². The van der Waals surface area contributed by atoms with Crippen LogP contribution in [0.1, 0.15) is 12.0 Å². The summed E-state index contributed by atoms with van der Waals surface area (Å²) in [7, 11) is 0. The normalized spacial score (nSPS) is 13.4. The smallest absolute Gasteiger partial charge is 0.326 e. The predicted octanol–water partition coefficient (Wildman–Crippen LogP) is -1.87. The zero-order valence-electron chi connectivity index (χ0n) is 15.9. The molecule has 0 aliphatic heterocycles. The molecule has 0 saturated heterocycles. The Morgan fingerprint density at radius 3 is 1.97 bits per heavy atom. The molecule has 3 amide bonds. The lowest BCUT2D eigenvalue weighted by atomic mass is 10.0. The van der Waals surface area contributed by atoms with Crippen molar-refractivity contribution in [2.75, 3.05) is 12.3 Å². The van der Waals surface area contributed by atoms with E-state index in [-0.39, 0.29) is 18.7 Å². The number of aliphatic carboxylic acids is 2. The van der Waals surface area contributed by atoms with Crippen LogP contribution in [0.5, 0.6) is 0 Å². The Labute approximate surface area is 177 Å². The van der Waals surface area contributed by atoms with Crippen LogP contribution in [0, 0.1) is 0 Å². The molecular formula is C18H24N4O7S. The van der Waals surface area contributed by atoms with Gasteiger partial charge in [0.2, 0.25) is 17.7 Å². The molecule has 0 spiro atoms. The summed E-state index contributed by atoms with van der Waals surface area (Å²) in [5.74, 6) is -5.35. The second-order valence-corrected chi connectivity index (χ2v) is 6.62. The number of carbonyl (C=O) groups is 5. The Bertz CT molecular complexity index is 775. The van der Waals surface area contributed by atoms with Crippen LogP contribution in [0.3, 0.4) is 0 Å². The minimum atomic E-state index is -1.67. The maximum atomic E-state index is 12.7. The molecule has 0 radical (unpaired) electrons. The summed E-state index contributed by atoms with van der Waals surface area (Å²) in [5.41, 5.74) is 6.03. The SMILES string of the molecule is NCC(=O)NC(Cc1ccccc1)C(=O)NC(CS)C(=O)NC(CC(=O)O)C(=O)O. The molecule has 7 N–H and O–H groups in total. The van der Waals surface area contributed by atoms with Crippen molar-refractivity contribution < 1.29 is 34.2 Å².